The molecule has 0 aliphatic carbocycles. The Labute approximate surface area is 168 Å². The number of ether oxygens (including phenoxy) is 1. The maximum Gasteiger partial charge on any atom is 0.293 e. The van der Waals surface area contributed by atoms with Gasteiger partial charge in [-0.15, -0.1) is 0 Å². The van der Waals surface area contributed by atoms with Gasteiger partial charge in [-0.3, -0.25) is 14.5 Å². The fourth-order valence-corrected chi connectivity index (χ4v) is 3.58. The lowest BCUT2D eigenvalue weighted by Crippen LogP contribution is -2.27. The van der Waals surface area contributed by atoms with E-state index in [0.29, 0.717) is 16.2 Å². The van der Waals surface area contributed by atoms with Crippen LogP contribution in [0.25, 0.3) is 6.08 Å². The van der Waals surface area contributed by atoms with Crippen LogP contribution in [0, 0.1) is 14.9 Å². The molecule has 130 valence electrons. The summed E-state index contributed by atoms with van der Waals surface area (Å²) in [5.74, 6) is 0.173. The maximum absolute atomic E-state index is 12.6. The number of thioether (sulfide) groups is 1. The molecule has 2 aromatic carbocycles. The Morgan fingerprint density at radius 3 is 2.62 bits per heavy atom. The topological polar surface area (TPSA) is 70.4 Å². The molecule has 7 heteroatoms. The van der Waals surface area contributed by atoms with Crippen LogP contribution in [0.15, 0.2) is 53.4 Å². The molecular weight excluding hydrogens is 463 g/mol. The van der Waals surface area contributed by atoms with Crippen molar-refractivity contribution in [2.75, 3.05) is 6.61 Å². The molecule has 0 radical (unpaired) electrons. The molecular formula is C19H13IN2O3S. The zero-order valence-electron chi connectivity index (χ0n) is 13.5. The largest absolute Gasteiger partial charge is 0.478 e. The Bertz CT molecular complexity index is 919. The van der Waals surface area contributed by atoms with E-state index in [2.05, 4.69) is 22.6 Å². The van der Waals surface area contributed by atoms with Gasteiger partial charge in [-0.05, 0) is 64.2 Å². The Hall–Kier alpha value is -2.31. The predicted molar refractivity (Wildman–Crippen MR) is 108 cm³/mol. The Morgan fingerprint density at radius 2 is 1.88 bits per heavy atom. The monoisotopic (exact) mass is 476 g/mol. The third-order valence-electron chi connectivity index (χ3n) is 3.63. The van der Waals surface area contributed by atoms with Crippen molar-refractivity contribution in [1.82, 2.24) is 4.90 Å². The highest BCUT2D eigenvalue weighted by atomic mass is 127. The van der Waals surface area contributed by atoms with E-state index in [-0.39, 0.29) is 24.3 Å². The molecule has 0 aromatic heterocycles. The number of carbonyl (C=O) groups excluding carboxylic acids is 2. The van der Waals surface area contributed by atoms with Crippen molar-refractivity contribution in [3.05, 3.63) is 68.1 Å². The average Bonchev–Trinajstić information content (AvgIpc) is 2.90. The van der Waals surface area contributed by atoms with Gasteiger partial charge in [0.2, 0.25) is 0 Å². The number of carbonyl (C=O) groups is 2. The van der Waals surface area contributed by atoms with Gasteiger partial charge in [0.25, 0.3) is 11.1 Å². The summed E-state index contributed by atoms with van der Waals surface area (Å²) in [6, 6.07) is 16.7. The zero-order chi connectivity index (χ0) is 18.5. The number of rotatable bonds is 5. The van der Waals surface area contributed by atoms with Crippen LogP contribution < -0.4 is 4.74 Å². The molecule has 0 saturated carbocycles. The molecule has 3 rings (SSSR count). The highest BCUT2D eigenvalue weighted by Crippen LogP contribution is 2.34. The van der Waals surface area contributed by atoms with E-state index in [4.69, 9.17) is 10.00 Å². The lowest BCUT2D eigenvalue weighted by molar-refractivity contribution is -0.123. The highest BCUT2D eigenvalue weighted by molar-refractivity contribution is 14.1. The molecule has 0 bridgehead atoms. The van der Waals surface area contributed by atoms with E-state index in [1.807, 2.05) is 30.3 Å². The van der Waals surface area contributed by atoms with Gasteiger partial charge in [0.15, 0.2) is 6.61 Å². The summed E-state index contributed by atoms with van der Waals surface area (Å²) >= 11 is 3.11. The van der Waals surface area contributed by atoms with Gasteiger partial charge in [-0.25, -0.2) is 0 Å². The molecule has 1 aliphatic heterocycles. The number of nitriles is 1. The molecule has 1 heterocycles. The normalized spacial score (nSPS) is 15.4. The Kier molecular flexibility index (Phi) is 5.96. The van der Waals surface area contributed by atoms with Crippen LogP contribution in [-0.2, 0) is 11.3 Å². The number of halogens is 1. The SMILES string of the molecule is N#CCOc1ccccc1/C=C1\SC(=O)N(Cc2ccc(I)cc2)C1=O. The minimum absolute atomic E-state index is 0.0842. The fourth-order valence-electron chi connectivity index (χ4n) is 2.39. The van der Waals surface area contributed by atoms with Gasteiger partial charge in [0.05, 0.1) is 11.4 Å². The molecule has 1 saturated heterocycles. The summed E-state index contributed by atoms with van der Waals surface area (Å²) in [6.07, 6.45) is 1.63. The van der Waals surface area contributed by atoms with Gasteiger partial charge >= 0.3 is 0 Å². The molecule has 26 heavy (non-hydrogen) atoms. The standard InChI is InChI=1S/C19H13IN2O3S/c20-15-7-5-13(6-8-15)12-22-18(23)17(26-19(22)24)11-14-3-1-2-4-16(14)25-10-9-21/h1-8,11H,10,12H2/b17-11-. The number of benzene rings is 2. The summed E-state index contributed by atoms with van der Waals surface area (Å²) in [5.41, 5.74) is 1.55. The van der Waals surface area contributed by atoms with Crippen molar-refractivity contribution in [2.24, 2.45) is 0 Å². The fraction of sp³-hybridized carbons (Fsp3) is 0.105. The summed E-state index contributed by atoms with van der Waals surface area (Å²) in [5, 5.41) is 8.37. The smallest absolute Gasteiger partial charge is 0.293 e. The lowest BCUT2D eigenvalue weighted by Gasteiger charge is -2.12. The van der Waals surface area contributed by atoms with Crippen molar-refractivity contribution in [3.8, 4) is 11.8 Å². The number of para-hydroxylation sites is 1. The van der Waals surface area contributed by atoms with Gasteiger partial charge in [-0.1, -0.05) is 30.3 Å². The molecule has 5 nitrogen and oxygen atoms in total. The van der Waals surface area contributed by atoms with Gasteiger partial charge < -0.3 is 4.74 Å². The first kappa shape index (κ1) is 18.5. The number of hydrogen-bond donors (Lipinski definition) is 0. The van der Waals surface area contributed by atoms with Gasteiger partial charge in [-0.2, -0.15) is 5.26 Å². The molecule has 1 fully saturated rings. The van der Waals surface area contributed by atoms with Crippen molar-refractivity contribution in [2.45, 2.75) is 6.54 Å². The summed E-state index contributed by atoms with van der Waals surface area (Å²) in [6.45, 7) is 0.157. The van der Waals surface area contributed by atoms with E-state index >= 15 is 0 Å². The quantitative estimate of drug-likeness (QED) is 0.472. The van der Waals surface area contributed by atoms with Crippen LogP contribution in [0.5, 0.6) is 5.75 Å². The van der Waals surface area contributed by atoms with E-state index in [0.717, 1.165) is 20.9 Å². The van der Waals surface area contributed by atoms with Gasteiger partial charge in [0, 0.05) is 9.13 Å². The number of nitrogens with zero attached hydrogens (tertiary/aromatic N) is 2. The van der Waals surface area contributed by atoms with Crippen LogP contribution in [-0.4, -0.2) is 22.7 Å². The molecule has 2 aromatic rings. The maximum atomic E-state index is 12.6. The van der Waals surface area contributed by atoms with Crippen LogP contribution in [0.4, 0.5) is 4.79 Å². The Morgan fingerprint density at radius 1 is 1.15 bits per heavy atom. The van der Waals surface area contributed by atoms with Crippen molar-refractivity contribution in [1.29, 1.82) is 5.26 Å². The van der Waals surface area contributed by atoms with E-state index in [9.17, 15) is 9.59 Å². The number of imide groups is 1. The lowest BCUT2D eigenvalue weighted by atomic mass is 10.1. The van der Waals surface area contributed by atoms with Crippen LogP contribution in [0.2, 0.25) is 0 Å². The van der Waals surface area contributed by atoms with Gasteiger partial charge in [0.1, 0.15) is 11.8 Å². The second-order valence-corrected chi connectivity index (χ2v) is 7.62. The van der Waals surface area contributed by atoms with Crippen LogP contribution >= 0.6 is 34.4 Å². The minimum Gasteiger partial charge on any atom is -0.478 e. The molecule has 0 spiro atoms. The second-order valence-electron chi connectivity index (χ2n) is 5.38. The summed E-state index contributed by atoms with van der Waals surface area (Å²) in [7, 11) is 0. The molecule has 0 unspecified atom stereocenters. The third-order valence-corrected chi connectivity index (χ3v) is 5.25. The first-order chi connectivity index (χ1) is 12.6. The average molecular weight is 476 g/mol. The Balaban J connectivity index is 1.81. The summed E-state index contributed by atoms with van der Waals surface area (Å²) < 4.78 is 6.46. The molecule has 0 atom stereocenters. The molecule has 2 amide bonds. The first-order valence-corrected chi connectivity index (χ1v) is 9.56. The van der Waals surface area contributed by atoms with Crippen molar-refractivity contribution < 1.29 is 14.3 Å². The van der Waals surface area contributed by atoms with E-state index in [1.54, 1.807) is 30.3 Å². The molecule has 0 N–H and O–H groups in total. The molecule has 1 aliphatic rings. The summed E-state index contributed by atoms with van der Waals surface area (Å²) in [4.78, 5) is 26.5. The zero-order valence-corrected chi connectivity index (χ0v) is 16.5. The van der Waals surface area contributed by atoms with Crippen molar-refractivity contribution >= 4 is 51.6 Å². The van der Waals surface area contributed by atoms with Crippen LogP contribution in [0.3, 0.4) is 0 Å². The highest BCUT2D eigenvalue weighted by Gasteiger charge is 2.35. The number of hydrogen-bond acceptors (Lipinski definition) is 5. The van der Waals surface area contributed by atoms with Crippen molar-refractivity contribution in [3.63, 3.8) is 0 Å². The van der Waals surface area contributed by atoms with E-state index in [1.165, 1.54) is 4.90 Å². The second kappa shape index (κ2) is 8.38. The number of amides is 2. The van der Waals surface area contributed by atoms with E-state index < -0.39 is 0 Å². The van der Waals surface area contributed by atoms with Crippen LogP contribution in [0.1, 0.15) is 11.1 Å². The minimum atomic E-state index is -0.325. The third kappa shape index (κ3) is 4.26. The first-order valence-electron chi connectivity index (χ1n) is 7.67. The predicted octanol–water partition coefficient (Wildman–Crippen LogP) is 4.43.